The zero-order valence-corrected chi connectivity index (χ0v) is 28.0. The maximum absolute atomic E-state index is 12.6. The third kappa shape index (κ3) is 23.9. The van der Waals surface area contributed by atoms with Crippen LogP contribution in [0, 0.1) is 0 Å². The molecule has 0 saturated carbocycles. The van der Waals surface area contributed by atoms with Crippen molar-refractivity contribution in [1.82, 2.24) is 15.6 Å². The van der Waals surface area contributed by atoms with Gasteiger partial charge in [-0.15, -0.1) is 0 Å². The summed E-state index contributed by atoms with van der Waals surface area (Å²) in [7, 11) is 0. The first-order valence-corrected chi connectivity index (χ1v) is 16.8. The smallest absolute Gasteiger partial charge is 0.329 e. The van der Waals surface area contributed by atoms with Crippen LogP contribution in [0.1, 0.15) is 89.5 Å². The van der Waals surface area contributed by atoms with Crippen LogP contribution >= 0.6 is 0 Å². The molecule has 0 fully saturated rings. The topological polar surface area (TPSA) is 138 Å². The average molecular weight is 650 g/mol. The highest BCUT2D eigenvalue weighted by Crippen LogP contribution is 2.07. The van der Waals surface area contributed by atoms with Crippen LogP contribution in [0.15, 0.2) is 91.4 Å². The number of aliphatic hydroxyl groups is 2. The van der Waals surface area contributed by atoms with Crippen LogP contribution in [0.25, 0.3) is 6.08 Å². The molecule has 1 aromatic rings. The van der Waals surface area contributed by atoms with Gasteiger partial charge >= 0.3 is 5.97 Å². The van der Waals surface area contributed by atoms with Gasteiger partial charge in [0.2, 0.25) is 11.8 Å². The molecule has 0 aliphatic carbocycles. The number of ether oxygens (including phenoxy) is 1. The fourth-order valence-corrected chi connectivity index (χ4v) is 4.20. The van der Waals surface area contributed by atoms with Gasteiger partial charge in [-0.05, 0) is 75.8 Å². The van der Waals surface area contributed by atoms with Gasteiger partial charge in [0.25, 0.3) is 0 Å². The number of unbranched alkanes of at least 4 members (excludes halogenated alkanes) is 2. The number of aliphatic hydroxyl groups excluding tert-OH is 2. The molecule has 47 heavy (non-hydrogen) atoms. The van der Waals surface area contributed by atoms with Crippen LogP contribution in [0.2, 0.25) is 0 Å². The van der Waals surface area contributed by atoms with Crippen molar-refractivity contribution in [2.45, 2.75) is 96.1 Å². The third-order valence-electron chi connectivity index (χ3n) is 6.78. The van der Waals surface area contributed by atoms with Gasteiger partial charge in [-0.2, -0.15) is 0 Å². The quantitative estimate of drug-likeness (QED) is 0.0543. The van der Waals surface area contributed by atoms with Gasteiger partial charge in [0, 0.05) is 31.8 Å². The monoisotopic (exact) mass is 649 g/mol. The normalized spacial score (nSPS) is 12.9. The lowest BCUT2D eigenvalue weighted by Gasteiger charge is -2.20. The van der Waals surface area contributed by atoms with E-state index in [9.17, 15) is 24.6 Å². The van der Waals surface area contributed by atoms with Gasteiger partial charge in [-0.25, -0.2) is 4.79 Å². The number of esters is 1. The molecule has 9 heteroatoms. The van der Waals surface area contributed by atoms with Crippen molar-refractivity contribution in [2.24, 2.45) is 0 Å². The van der Waals surface area contributed by atoms with Gasteiger partial charge < -0.3 is 25.6 Å². The van der Waals surface area contributed by atoms with E-state index < -0.39 is 31.3 Å². The number of carbonyl (C=O) groups is 3. The number of nitrogens with one attached hydrogen (secondary N) is 2. The summed E-state index contributed by atoms with van der Waals surface area (Å²) in [6, 6.07) is 2.71. The number of aromatic nitrogens is 1. The SMILES string of the molecule is CC/C=C\C/C=C\C/C=C\C/C=C\C/C=C\CCCC(=O)NCCCC[C@H](NC(=O)C/C=C/c1cccnc1)C(=O)OC(CO)CO. The molecular formula is C38H55N3O6. The molecule has 0 unspecified atom stereocenters. The third-order valence-corrected chi connectivity index (χ3v) is 6.78. The second kappa shape index (κ2) is 29.3. The number of hydrogen-bond acceptors (Lipinski definition) is 7. The van der Waals surface area contributed by atoms with E-state index in [1.165, 1.54) is 0 Å². The van der Waals surface area contributed by atoms with Crippen LogP contribution in [-0.2, 0) is 19.1 Å². The van der Waals surface area contributed by atoms with Gasteiger partial charge in [0.1, 0.15) is 12.1 Å². The van der Waals surface area contributed by atoms with Crippen LogP contribution in [0.3, 0.4) is 0 Å². The average Bonchev–Trinajstić information content (AvgIpc) is 3.08. The zero-order valence-electron chi connectivity index (χ0n) is 28.0. The molecule has 0 spiro atoms. The molecule has 0 aliphatic heterocycles. The standard InChI is InChI=1S/C38H55N3O6/c1-2-3-4-5-6-7-8-9-10-11-12-13-14-15-16-17-18-26-36(44)40-29-20-19-25-35(38(46)47-34(31-42)32-43)41-37(45)27-21-23-33-24-22-28-39-30-33/h3-4,6-7,9-10,12-13,15-16,21-24,28,30,34-35,42-43H,2,5,8,11,14,17-20,25-27,29,31-32H2,1H3,(H,40,44)(H,41,45)/b4-3-,7-6-,10-9-,13-12-,16-15-,23-21+/t35-/m0/s1. The Hall–Kier alpha value is -4.08. The van der Waals surface area contributed by atoms with Crippen molar-refractivity contribution in [1.29, 1.82) is 0 Å². The second-order valence-electron chi connectivity index (χ2n) is 10.9. The summed E-state index contributed by atoms with van der Waals surface area (Å²) in [6.45, 7) is 1.55. The van der Waals surface area contributed by atoms with Crippen molar-refractivity contribution in [3.8, 4) is 0 Å². The highest BCUT2D eigenvalue weighted by atomic mass is 16.6. The van der Waals surface area contributed by atoms with Crippen molar-refractivity contribution in [2.75, 3.05) is 19.8 Å². The Labute approximate surface area is 281 Å². The number of amides is 2. The van der Waals surface area contributed by atoms with E-state index in [1.807, 2.05) is 6.07 Å². The summed E-state index contributed by atoms with van der Waals surface area (Å²) >= 11 is 0. The molecule has 1 rings (SSSR count). The van der Waals surface area contributed by atoms with Crippen LogP contribution in [0.5, 0.6) is 0 Å². The highest BCUT2D eigenvalue weighted by Gasteiger charge is 2.24. The predicted octanol–water partition coefficient (Wildman–Crippen LogP) is 6.07. The molecular weight excluding hydrogens is 594 g/mol. The minimum absolute atomic E-state index is 0.0178. The predicted molar refractivity (Wildman–Crippen MR) is 189 cm³/mol. The van der Waals surface area contributed by atoms with E-state index in [0.29, 0.717) is 32.2 Å². The molecule has 1 atom stereocenters. The van der Waals surface area contributed by atoms with Crippen LogP contribution < -0.4 is 10.6 Å². The van der Waals surface area contributed by atoms with E-state index in [0.717, 1.165) is 50.5 Å². The molecule has 0 aromatic carbocycles. The van der Waals surface area contributed by atoms with E-state index in [2.05, 4.69) is 83.3 Å². The minimum Gasteiger partial charge on any atom is -0.456 e. The molecule has 0 radical (unpaired) electrons. The Morgan fingerprint density at radius 3 is 2.06 bits per heavy atom. The maximum atomic E-state index is 12.6. The van der Waals surface area contributed by atoms with Crippen LogP contribution in [0.4, 0.5) is 0 Å². The molecule has 0 aliphatic rings. The summed E-state index contributed by atoms with van der Waals surface area (Å²) in [6.07, 6.45) is 35.7. The number of allylic oxidation sites excluding steroid dienone is 10. The first-order valence-electron chi connectivity index (χ1n) is 16.8. The first-order chi connectivity index (χ1) is 23.0. The van der Waals surface area contributed by atoms with Crippen molar-refractivity contribution >= 4 is 23.9 Å². The largest absolute Gasteiger partial charge is 0.456 e. The summed E-state index contributed by atoms with van der Waals surface area (Å²) in [4.78, 5) is 41.3. The summed E-state index contributed by atoms with van der Waals surface area (Å²) in [5.41, 5.74) is 0.848. The van der Waals surface area contributed by atoms with Crippen molar-refractivity contribution in [3.63, 3.8) is 0 Å². The summed E-state index contributed by atoms with van der Waals surface area (Å²) in [5, 5.41) is 24.1. The Morgan fingerprint density at radius 2 is 1.47 bits per heavy atom. The Balaban J connectivity index is 2.25. The van der Waals surface area contributed by atoms with Crippen molar-refractivity contribution in [3.05, 3.63) is 96.9 Å². The van der Waals surface area contributed by atoms with Gasteiger partial charge in [-0.1, -0.05) is 85.9 Å². The summed E-state index contributed by atoms with van der Waals surface area (Å²) in [5.74, 6) is -1.10. The van der Waals surface area contributed by atoms with Gasteiger partial charge in [0.15, 0.2) is 0 Å². The number of rotatable bonds is 26. The fourth-order valence-electron chi connectivity index (χ4n) is 4.20. The minimum atomic E-state index is -1.05. The van der Waals surface area contributed by atoms with E-state index >= 15 is 0 Å². The van der Waals surface area contributed by atoms with E-state index in [1.54, 1.807) is 30.6 Å². The summed E-state index contributed by atoms with van der Waals surface area (Å²) < 4.78 is 5.14. The molecule has 2 amide bonds. The van der Waals surface area contributed by atoms with Crippen LogP contribution in [-0.4, -0.2) is 64.9 Å². The lowest BCUT2D eigenvalue weighted by Crippen LogP contribution is -2.43. The molecule has 9 nitrogen and oxygen atoms in total. The number of nitrogens with zero attached hydrogens (tertiary/aromatic N) is 1. The molecule has 1 heterocycles. The number of carbonyl (C=O) groups excluding carboxylic acids is 3. The lowest BCUT2D eigenvalue weighted by molar-refractivity contribution is -0.157. The number of hydrogen-bond donors (Lipinski definition) is 4. The molecule has 0 bridgehead atoms. The maximum Gasteiger partial charge on any atom is 0.329 e. The van der Waals surface area contributed by atoms with Gasteiger partial charge in [-0.3, -0.25) is 14.6 Å². The fraction of sp³-hybridized carbons (Fsp3) is 0.474. The molecule has 258 valence electrons. The first kappa shape index (κ1) is 40.9. The van der Waals surface area contributed by atoms with Gasteiger partial charge in [0.05, 0.1) is 13.2 Å². The van der Waals surface area contributed by atoms with E-state index in [4.69, 9.17) is 4.74 Å². The zero-order chi connectivity index (χ0) is 34.2. The second-order valence-corrected chi connectivity index (χ2v) is 10.9. The highest BCUT2D eigenvalue weighted by molar-refractivity contribution is 5.85. The van der Waals surface area contributed by atoms with Crippen molar-refractivity contribution < 1.29 is 29.3 Å². The Morgan fingerprint density at radius 1 is 0.830 bits per heavy atom. The lowest BCUT2D eigenvalue weighted by atomic mass is 10.1. The molecule has 1 aromatic heterocycles. The van der Waals surface area contributed by atoms with E-state index in [-0.39, 0.29) is 18.2 Å². The Kier molecular flexibility index (Phi) is 25.6. The number of pyridine rings is 1. The Bertz CT molecular complexity index is 1150. The molecule has 4 N–H and O–H groups in total. The molecule has 0 saturated heterocycles.